The van der Waals surface area contributed by atoms with E-state index in [4.69, 9.17) is 10.5 Å². The highest BCUT2D eigenvalue weighted by molar-refractivity contribution is 14.0. The number of guanidine groups is 1. The van der Waals surface area contributed by atoms with Crippen LogP contribution in [0.1, 0.15) is 23.7 Å². The summed E-state index contributed by atoms with van der Waals surface area (Å²) in [5, 5.41) is 5.82. The number of pyridine rings is 1. The van der Waals surface area contributed by atoms with Crippen molar-refractivity contribution in [2.75, 3.05) is 12.4 Å². The molecule has 8 heteroatoms. The van der Waals surface area contributed by atoms with Gasteiger partial charge in [-0.25, -0.2) is 15.0 Å². The van der Waals surface area contributed by atoms with E-state index in [1.807, 2.05) is 30.5 Å². The molecule has 0 amide bonds. The third-order valence-electron chi connectivity index (χ3n) is 2.60. The highest BCUT2D eigenvalue weighted by Crippen LogP contribution is 2.20. The summed E-state index contributed by atoms with van der Waals surface area (Å²) in [6.07, 6.45) is 1.69. The van der Waals surface area contributed by atoms with Crippen molar-refractivity contribution >= 4 is 47.1 Å². The summed E-state index contributed by atoms with van der Waals surface area (Å²) >= 11 is 1.56. The van der Waals surface area contributed by atoms with E-state index in [9.17, 15) is 0 Å². The Hall–Kier alpha value is -1.26. The van der Waals surface area contributed by atoms with Gasteiger partial charge in [-0.1, -0.05) is 6.07 Å². The van der Waals surface area contributed by atoms with Crippen molar-refractivity contribution in [2.24, 2.45) is 10.7 Å². The quantitative estimate of drug-likeness (QED) is 0.442. The van der Waals surface area contributed by atoms with Gasteiger partial charge in [-0.15, -0.1) is 35.3 Å². The maximum Gasteiger partial charge on any atom is 0.194 e. The number of ether oxygens (including phenoxy) is 1. The van der Waals surface area contributed by atoms with Crippen LogP contribution in [0.15, 0.2) is 34.8 Å². The molecule has 0 aliphatic rings. The van der Waals surface area contributed by atoms with Crippen molar-refractivity contribution in [3.05, 3.63) is 40.5 Å². The fourth-order valence-corrected chi connectivity index (χ4v) is 2.30. The molecule has 6 nitrogen and oxygen atoms in total. The van der Waals surface area contributed by atoms with Gasteiger partial charge in [0, 0.05) is 18.7 Å². The van der Waals surface area contributed by atoms with Gasteiger partial charge < -0.3 is 15.8 Å². The van der Waals surface area contributed by atoms with Crippen LogP contribution in [0.4, 0.5) is 5.82 Å². The zero-order chi connectivity index (χ0) is 14.4. The molecule has 3 N–H and O–H groups in total. The predicted octanol–water partition coefficient (Wildman–Crippen LogP) is 2.79. The summed E-state index contributed by atoms with van der Waals surface area (Å²) in [7, 11) is 1.67. The molecule has 2 heterocycles. The molecule has 0 spiro atoms. The number of anilines is 1. The van der Waals surface area contributed by atoms with Gasteiger partial charge in [-0.3, -0.25) is 0 Å². The van der Waals surface area contributed by atoms with Gasteiger partial charge in [-0.2, -0.15) is 0 Å². The molecule has 1 unspecified atom stereocenters. The first-order valence-electron chi connectivity index (χ1n) is 6.14. The van der Waals surface area contributed by atoms with Crippen LogP contribution < -0.4 is 11.1 Å². The number of hydrogen-bond acceptors (Lipinski definition) is 5. The van der Waals surface area contributed by atoms with Crippen molar-refractivity contribution in [2.45, 2.75) is 19.6 Å². The normalized spacial score (nSPS) is 12.6. The summed E-state index contributed by atoms with van der Waals surface area (Å²) in [6.45, 7) is 2.39. The Balaban J connectivity index is 0.00000220. The molecule has 1 atom stereocenters. The first-order chi connectivity index (χ1) is 9.69. The first-order valence-corrected chi connectivity index (χ1v) is 7.02. The van der Waals surface area contributed by atoms with Crippen LogP contribution in [0.3, 0.4) is 0 Å². The molecule has 2 rings (SSSR count). The van der Waals surface area contributed by atoms with Crippen molar-refractivity contribution in [1.29, 1.82) is 0 Å². The number of halogens is 1. The second-order valence-electron chi connectivity index (χ2n) is 4.10. The molecule has 0 bridgehead atoms. The average Bonchev–Trinajstić information content (AvgIpc) is 2.94. The molecule has 114 valence electrons. The van der Waals surface area contributed by atoms with Crippen molar-refractivity contribution in [1.82, 2.24) is 9.97 Å². The van der Waals surface area contributed by atoms with Gasteiger partial charge in [0.25, 0.3) is 0 Å². The van der Waals surface area contributed by atoms with Crippen LogP contribution in [0, 0.1) is 0 Å². The van der Waals surface area contributed by atoms with Gasteiger partial charge in [-0.05, 0) is 19.1 Å². The number of methoxy groups -OCH3 is 1. The maximum absolute atomic E-state index is 5.80. The van der Waals surface area contributed by atoms with Crippen LogP contribution in [-0.4, -0.2) is 23.0 Å². The van der Waals surface area contributed by atoms with Crippen LogP contribution in [-0.2, 0) is 11.3 Å². The Morgan fingerprint density at radius 3 is 3.00 bits per heavy atom. The van der Waals surface area contributed by atoms with Crippen molar-refractivity contribution < 1.29 is 4.74 Å². The van der Waals surface area contributed by atoms with E-state index in [1.54, 1.807) is 24.6 Å². The minimum atomic E-state index is 0. The third kappa shape index (κ3) is 5.56. The fourth-order valence-electron chi connectivity index (χ4n) is 1.46. The summed E-state index contributed by atoms with van der Waals surface area (Å²) in [5.41, 5.74) is 6.67. The number of thiazole rings is 1. The van der Waals surface area contributed by atoms with E-state index in [-0.39, 0.29) is 30.1 Å². The summed E-state index contributed by atoms with van der Waals surface area (Å²) in [4.78, 5) is 12.8. The predicted molar refractivity (Wildman–Crippen MR) is 96.1 cm³/mol. The van der Waals surface area contributed by atoms with Crippen LogP contribution in [0.5, 0.6) is 0 Å². The highest BCUT2D eigenvalue weighted by Gasteiger charge is 2.08. The topological polar surface area (TPSA) is 85.4 Å². The molecular formula is C13H18IN5OS. The molecule has 0 saturated carbocycles. The summed E-state index contributed by atoms with van der Waals surface area (Å²) < 4.78 is 5.22. The molecule has 0 aromatic carbocycles. The molecule has 2 aromatic rings. The maximum atomic E-state index is 5.80. The Morgan fingerprint density at radius 1 is 1.52 bits per heavy atom. The minimum Gasteiger partial charge on any atom is -0.375 e. The van der Waals surface area contributed by atoms with E-state index in [2.05, 4.69) is 20.3 Å². The number of hydrogen-bond donors (Lipinski definition) is 2. The van der Waals surface area contributed by atoms with Crippen molar-refractivity contribution in [3.8, 4) is 0 Å². The third-order valence-corrected chi connectivity index (χ3v) is 3.66. The van der Waals surface area contributed by atoms with E-state index in [0.29, 0.717) is 18.3 Å². The molecule has 2 aromatic heterocycles. The number of rotatable bonds is 5. The Bertz CT molecular complexity index is 575. The molecule has 0 fully saturated rings. The molecule has 0 aliphatic carbocycles. The first kappa shape index (κ1) is 17.8. The van der Waals surface area contributed by atoms with E-state index >= 15 is 0 Å². The second-order valence-corrected chi connectivity index (χ2v) is 4.99. The lowest BCUT2D eigenvalue weighted by Gasteiger charge is -2.04. The zero-order valence-electron chi connectivity index (χ0n) is 11.8. The van der Waals surface area contributed by atoms with Gasteiger partial charge in [0.15, 0.2) is 5.96 Å². The largest absolute Gasteiger partial charge is 0.375 e. The molecule has 0 saturated heterocycles. The molecule has 0 aliphatic heterocycles. The zero-order valence-corrected chi connectivity index (χ0v) is 15.0. The molecule has 0 radical (unpaired) electrons. The van der Waals surface area contributed by atoms with E-state index < -0.39 is 0 Å². The lowest BCUT2D eigenvalue weighted by atomic mass is 10.4. The average molecular weight is 419 g/mol. The minimum absolute atomic E-state index is 0. The van der Waals surface area contributed by atoms with Gasteiger partial charge in [0.2, 0.25) is 0 Å². The fraction of sp³-hybridized carbons (Fsp3) is 0.308. The Labute approximate surface area is 144 Å². The SMILES string of the molecule is COC(C)c1nc(CN=C(N)Nc2ccccn2)cs1.I. The number of aliphatic imine (C=N–C) groups is 1. The van der Waals surface area contributed by atoms with Gasteiger partial charge in [0.05, 0.1) is 12.2 Å². The van der Waals surface area contributed by atoms with E-state index in [0.717, 1.165) is 10.7 Å². The Morgan fingerprint density at radius 2 is 2.33 bits per heavy atom. The molecule has 21 heavy (non-hydrogen) atoms. The second kappa shape index (κ2) is 8.90. The summed E-state index contributed by atoms with van der Waals surface area (Å²) in [6, 6.07) is 5.54. The standard InChI is InChI=1S/C13H17N5OS.HI/c1-9(19-2)12-17-10(8-20-12)7-16-13(14)18-11-5-3-4-6-15-11;/h3-6,8-9H,7H2,1-2H3,(H3,14,15,16,18);1H. The monoisotopic (exact) mass is 419 g/mol. The lowest BCUT2D eigenvalue weighted by molar-refractivity contribution is 0.119. The van der Waals surface area contributed by atoms with Crippen LogP contribution in [0.25, 0.3) is 0 Å². The van der Waals surface area contributed by atoms with Crippen molar-refractivity contribution in [3.63, 3.8) is 0 Å². The lowest BCUT2D eigenvalue weighted by Crippen LogP contribution is -2.23. The van der Waals surface area contributed by atoms with Crippen LogP contribution >= 0.6 is 35.3 Å². The smallest absolute Gasteiger partial charge is 0.194 e. The van der Waals surface area contributed by atoms with E-state index in [1.165, 1.54) is 0 Å². The summed E-state index contributed by atoms with van der Waals surface area (Å²) in [5.74, 6) is 0.985. The number of nitrogens with two attached hydrogens (primary N) is 1. The van der Waals surface area contributed by atoms with Gasteiger partial charge >= 0.3 is 0 Å². The van der Waals surface area contributed by atoms with Crippen LogP contribution in [0.2, 0.25) is 0 Å². The van der Waals surface area contributed by atoms with Gasteiger partial charge in [0.1, 0.15) is 16.9 Å². The highest BCUT2D eigenvalue weighted by atomic mass is 127. The number of nitrogens with zero attached hydrogens (tertiary/aromatic N) is 3. The number of aromatic nitrogens is 2. The molecular weight excluding hydrogens is 401 g/mol. The number of nitrogens with one attached hydrogen (secondary N) is 1. The Kier molecular flexibility index (Phi) is 7.54.